The van der Waals surface area contributed by atoms with E-state index in [0.29, 0.717) is 11.4 Å². The molecule has 0 spiro atoms. The van der Waals surface area contributed by atoms with E-state index in [1.165, 1.54) is 25.1 Å². The summed E-state index contributed by atoms with van der Waals surface area (Å²) < 4.78 is 4.92. The van der Waals surface area contributed by atoms with Crippen molar-refractivity contribution in [3.8, 4) is 5.88 Å². The third kappa shape index (κ3) is 3.89. The highest BCUT2D eigenvalue weighted by Crippen LogP contribution is 2.12. The third-order valence-electron chi connectivity index (χ3n) is 2.61. The van der Waals surface area contributed by atoms with Gasteiger partial charge < -0.3 is 15.2 Å². The van der Waals surface area contributed by atoms with Gasteiger partial charge in [-0.1, -0.05) is 0 Å². The Bertz CT molecular complexity index is 379. The minimum absolute atomic E-state index is 0.0137. The zero-order valence-corrected chi connectivity index (χ0v) is 11.5. The van der Waals surface area contributed by atoms with Gasteiger partial charge in [-0.05, 0) is 19.2 Å². The van der Waals surface area contributed by atoms with Crippen LogP contribution in [0.1, 0.15) is 17.3 Å². The largest absolute Gasteiger partial charge is 0.481 e. The zero-order chi connectivity index (χ0) is 13.5. The first-order valence-corrected chi connectivity index (χ1v) is 6.85. The summed E-state index contributed by atoms with van der Waals surface area (Å²) in [6.07, 6.45) is 3.37. The Labute approximate surface area is 111 Å². The van der Waals surface area contributed by atoms with Crippen molar-refractivity contribution in [3.05, 3.63) is 23.9 Å². The number of carbonyl (C=O) groups excluding carboxylic acids is 1. The lowest BCUT2D eigenvalue weighted by atomic mass is 10.2. The second kappa shape index (κ2) is 7.23. The second-order valence-electron chi connectivity index (χ2n) is 3.81. The molecule has 2 unspecified atom stereocenters. The molecule has 1 aromatic rings. The Morgan fingerprint density at radius 3 is 2.78 bits per heavy atom. The van der Waals surface area contributed by atoms with Gasteiger partial charge in [0, 0.05) is 23.6 Å². The Kier molecular flexibility index (Phi) is 5.94. The number of nitrogens with zero attached hydrogens (tertiary/aromatic N) is 1. The molecule has 2 atom stereocenters. The molecule has 1 rings (SSSR count). The van der Waals surface area contributed by atoms with E-state index < -0.39 is 0 Å². The molecule has 6 heteroatoms. The van der Waals surface area contributed by atoms with Crippen molar-refractivity contribution in [3.63, 3.8) is 0 Å². The molecule has 5 nitrogen and oxygen atoms in total. The van der Waals surface area contributed by atoms with E-state index in [0.717, 1.165) is 0 Å². The maximum absolute atomic E-state index is 11.9. The minimum Gasteiger partial charge on any atom is -0.481 e. The molecule has 0 aliphatic rings. The first-order valence-electron chi connectivity index (χ1n) is 5.57. The summed E-state index contributed by atoms with van der Waals surface area (Å²) in [7, 11) is 1.52. The van der Waals surface area contributed by atoms with Crippen LogP contribution in [0, 0.1) is 0 Å². The molecule has 0 saturated heterocycles. The average molecular weight is 270 g/mol. The highest BCUT2D eigenvalue weighted by Gasteiger charge is 2.18. The summed E-state index contributed by atoms with van der Waals surface area (Å²) in [5.41, 5.74) is 0.473. The van der Waals surface area contributed by atoms with Gasteiger partial charge in [0.2, 0.25) is 5.88 Å². The van der Waals surface area contributed by atoms with Crippen LogP contribution in [0.3, 0.4) is 0 Å². The molecule has 0 aliphatic carbocycles. The van der Waals surface area contributed by atoms with Crippen LogP contribution in [0.4, 0.5) is 0 Å². The van der Waals surface area contributed by atoms with Crippen molar-refractivity contribution < 1.29 is 14.6 Å². The first-order chi connectivity index (χ1) is 8.62. The van der Waals surface area contributed by atoms with E-state index >= 15 is 0 Å². The van der Waals surface area contributed by atoms with Gasteiger partial charge in [-0.25, -0.2) is 4.98 Å². The molecular formula is C12H18N2O3S. The van der Waals surface area contributed by atoms with Crippen LogP contribution >= 0.6 is 11.8 Å². The fraction of sp³-hybridized carbons (Fsp3) is 0.500. The standard InChI is InChI=1S/C12H18N2O3S/c1-8(10(7-15)18-3)14-12(16)9-4-5-11(17-2)13-6-9/h4-6,8,10,15H,7H2,1-3H3,(H,14,16). The van der Waals surface area contributed by atoms with Crippen LogP contribution in [0.25, 0.3) is 0 Å². The van der Waals surface area contributed by atoms with Crippen molar-refractivity contribution >= 4 is 17.7 Å². The number of ether oxygens (including phenoxy) is 1. The van der Waals surface area contributed by atoms with Gasteiger partial charge in [0.15, 0.2) is 0 Å². The van der Waals surface area contributed by atoms with Crippen LogP contribution in [0.15, 0.2) is 18.3 Å². The van der Waals surface area contributed by atoms with E-state index in [-0.39, 0.29) is 23.8 Å². The fourth-order valence-corrected chi connectivity index (χ4v) is 2.08. The normalized spacial score (nSPS) is 13.8. The molecule has 0 bridgehead atoms. The lowest BCUT2D eigenvalue weighted by Crippen LogP contribution is -2.41. The predicted octanol–water partition coefficient (Wildman–Crippen LogP) is 0.932. The summed E-state index contributed by atoms with van der Waals surface area (Å²) >= 11 is 1.52. The molecule has 0 fully saturated rings. The van der Waals surface area contributed by atoms with Crippen LogP contribution in [-0.4, -0.2) is 47.3 Å². The predicted molar refractivity (Wildman–Crippen MR) is 72.1 cm³/mol. The molecule has 100 valence electrons. The van der Waals surface area contributed by atoms with Crippen LogP contribution < -0.4 is 10.1 Å². The summed E-state index contributed by atoms with van der Waals surface area (Å²) in [6.45, 7) is 1.90. The maximum Gasteiger partial charge on any atom is 0.253 e. The van der Waals surface area contributed by atoms with Crippen molar-refractivity contribution in [2.75, 3.05) is 20.0 Å². The first kappa shape index (κ1) is 14.8. The van der Waals surface area contributed by atoms with Gasteiger partial charge in [-0.2, -0.15) is 11.8 Å². The molecule has 0 aromatic carbocycles. The number of pyridine rings is 1. The summed E-state index contributed by atoms with van der Waals surface area (Å²) in [5, 5.41) is 12.0. The number of hydrogen-bond donors (Lipinski definition) is 2. The van der Waals surface area contributed by atoms with E-state index in [4.69, 9.17) is 9.84 Å². The second-order valence-corrected chi connectivity index (χ2v) is 4.89. The number of thioether (sulfide) groups is 1. The highest BCUT2D eigenvalue weighted by atomic mass is 32.2. The van der Waals surface area contributed by atoms with Gasteiger partial charge in [0.25, 0.3) is 5.91 Å². The summed E-state index contributed by atoms with van der Waals surface area (Å²) in [6, 6.07) is 3.18. The Morgan fingerprint density at radius 2 is 2.33 bits per heavy atom. The molecule has 0 saturated carbocycles. The number of aliphatic hydroxyl groups is 1. The molecule has 1 amide bonds. The smallest absolute Gasteiger partial charge is 0.253 e. The molecular weight excluding hydrogens is 252 g/mol. The topological polar surface area (TPSA) is 71.5 Å². The van der Waals surface area contributed by atoms with Crippen LogP contribution in [-0.2, 0) is 0 Å². The number of aromatic nitrogens is 1. The molecule has 1 heterocycles. The molecule has 2 N–H and O–H groups in total. The summed E-state index contributed by atoms with van der Waals surface area (Å²) in [5.74, 6) is 0.266. The van der Waals surface area contributed by atoms with E-state index in [1.54, 1.807) is 12.1 Å². The van der Waals surface area contributed by atoms with Gasteiger partial charge in [0.05, 0.1) is 19.3 Å². The number of methoxy groups -OCH3 is 1. The van der Waals surface area contributed by atoms with Crippen LogP contribution in [0.2, 0.25) is 0 Å². The Balaban J connectivity index is 2.64. The van der Waals surface area contributed by atoms with Gasteiger partial charge in [0.1, 0.15) is 0 Å². The lowest BCUT2D eigenvalue weighted by Gasteiger charge is -2.21. The van der Waals surface area contributed by atoms with E-state index in [2.05, 4.69) is 10.3 Å². The zero-order valence-electron chi connectivity index (χ0n) is 10.7. The number of nitrogens with one attached hydrogen (secondary N) is 1. The molecule has 0 aliphatic heterocycles. The average Bonchev–Trinajstić information content (AvgIpc) is 2.40. The van der Waals surface area contributed by atoms with E-state index in [1.807, 2.05) is 13.2 Å². The molecule has 18 heavy (non-hydrogen) atoms. The Hall–Kier alpha value is -1.27. The Morgan fingerprint density at radius 1 is 1.61 bits per heavy atom. The minimum atomic E-state index is -0.204. The maximum atomic E-state index is 11.9. The number of aliphatic hydroxyl groups excluding tert-OH is 1. The number of rotatable bonds is 6. The van der Waals surface area contributed by atoms with Crippen molar-refractivity contribution in [2.45, 2.75) is 18.2 Å². The quantitative estimate of drug-likeness (QED) is 0.804. The van der Waals surface area contributed by atoms with E-state index in [9.17, 15) is 4.79 Å². The number of amides is 1. The fourth-order valence-electron chi connectivity index (χ4n) is 1.46. The highest BCUT2D eigenvalue weighted by molar-refractivity contribution is 7.99. The number of hydrogen-bond acceptors (Lipinski definition) is 5. The van der Waals surface area contributed by atoms with Gasteiger partial charge in [-0.3, -0.25) is 4.79 Å². The van der Waals surface area contributed by atoms with Crippen molar-refractivity contribution in [1.82, 2.24) is 10.3 Å². The van der Waals surface area contributed by atoms with Crippen LogP contribution in [0.5, 0.6) is 5.88 Å². The SMILES string of the molecule is COc1ccc(C(=O)NC(C)C(CO)SC)cn1. The van der Waals surface area contributed by atoms with Gasteiger partial charge >= 0.3 is 0 Å². The number of carbonyl (C=O) groups is 1. The molecule has 0 radical (unpaired) electrons. The molecule has 1 aromatic heterocycles. The monoisotopic (exact) mass is 270 g/mol. The van der Waals surface area contributed by atoms with Crippen molar-refractivity contribution in [1.29, 1.82) is 0 Å². The third-order valence-corrected chi connectivity index (χ3v) is 3.77. The van der Waals surface area contributed by atoms with Crippen molar-refractivity contribution in [2.24, 2.45) is 0 Å². The lowest BCUT2D eigenvalue weighted by molar-refractivity contribution is 0.0935. The van der Waals surface area contributed by atoms with Gasteiger partial charge in [-0.15, -0.1) is 0 Å². The summed E-state index contributed by atoms with van der Waals surface area (Å²) in [4.78, 5) is 15.9.